The van der Waals surface area contributed by atoms with Crippen molar-refractivity contribution in [2.24, 2.45) is 0 Å². The van der Waals surface area contributed by atoms with Crippen molar-refractivity contribution in [2.75, 3.05) is 0 Å². The van der Waals surface area contributed by atoms with Gasteiger partial charge in [0, 0.05) is 16.9 Å². The minimum Gasteiger partial charge on any atom is -0.233 e. The highest BCUT2D eigenvalue weighted by atomic mass is 14.9. The molecule has 0 atom stereocenters. The summed E-state index contributed by atoms with van der Waals surface area (Å²) in [6.07, 6.45) is 0. The van der Waals surface area contributed by atoms with Gasteiger partial charge < -0.3 is 0 Å². The van der Waals surface area contributed by atoms with Crippen molar-refractivity contribution < 1.29 is 6.85 Å². The molecule has 0 radical (unpaired) electrons. The fourth-order valence-electron chi connectivity index (χ4n) is 1.91. The van der Waals surface area contributed by atoms with Gasteiger partial charge in [0.05, 0.1) is 18.1 Å². The zero-order chi connectivity index (χ0) is 17.6. The Kier molecular flexibility index (Phi) is 1.87. The highest BCUT2D eigenvalue weighted by Crippen LogP contribution is 2.27. The van der Waals surface area contributed by atoms with E-state index in [2.05, 4.69) is 9.97 Å². The first-order valence-electron chi connectivity index (χ1n) is 8.67. The normalized spacial score (nSPS) is 14.8. The lowest BCUT2D eigenvalue weighted by atomic mass is 10.1. The Hall–Kier alpha value is -2.22. The van der Waals surface area contributed by atoms with Crippen LogP contribution >= 0.6 is 0 Å². The minimum absolute atomic E-state index is 0.0538. The fourth-order valence-corrected chi connectivity index (χ4v) is 1.91. The van der Waals surface area contributed by atoms with Crippen LogP contribution < -0.4 is 0 Å². The summed E-state index contributed by atoms with van der Waals surface area (Å²) in [5.74, 6) is 0.633. The first kappa shape index (κ1) is 7.39. The van der Waals surface area contributed by atoms with Crippen molar-refractivity contribution in [3.05, 3.63) is 60.3 Å². The Morgan fingerprint density at radius 2 is 1.74 bits per heavy atom. The van der Waals surface area contributed by atoms with Crippen LogP contribution in [0.25, 0.3) is 22.2 Å². The third-order valence-electron chi connectivity index (χ3n) is 2.87. The molecular weight excluding hydrogens is 232 g/mol. The van der Waals surface area contributed by atoms with Crippen LogP contribution in [0.1, 0.15) is 32.4 Å². The number of fused-ring (bicyclic) bond motifs is 1. The summed E-state index contributed by atoms with van der Waals surface area (Å²) < 4.78 is 39.9. The minimum atomic E-state index is -0.406. The van der Waals surface area contributed by atoms with Crippen LogP contribution in [0, 0.1) is 0 Å². The first-order chi connectivity index (χ1) is 11.3. The molecule has 19 heavy (non-hydrogen) atoms. The molecule has 0 unspecified atom stereocenters. The molecule has 0 saturated heterocycles. The smallest absolute Gasteiger partial charge is 0.132 e. The number of hydrogen-bond donors (Lipinski definition) is 0. The molecule has 2 nitrogen and oxygen atoms in total. The molecule has 1 aromatic heterocycles. The average molecular weight is 253 g/mol. The molecule has 0 saturated carbocycles. The summed E-state index contributed by atoms with van der Waals surface area (Å²) in [5.41, 5.74) is 1.18. The Balaban J connectivity index is 2.47. The molecule has 0 aliphatic rings. The molecule has 0 amide bonds. The van der Waals surface area contributed by atoms with E-state index in [1.807, 2.05) is 32.0 Å². The SMILES string of the molecule is [2H]c1c([2H])c([2H])c(-c2nc(C(C)C)nc3ccccc23)c([2H])c1[2H]. The molecule has 2 heteroatoms. The van der Waals surface area contributed by atoms with Gasteiger partial charge in [-0.2, -0.15) is 0 Å². The molecule has 94 valence electrons. The van der Waals surface area contributed by atoms with Crippen LogP contribution in [-0.4, -0.2) is 9.97 Å². The van der Waals surface area contributed by atoms with Crippen LogP contribution in [0.3, 0.4) is 0 Å². The van der Waals surface area contributed by atoms with E-state index < -0.39 is 6.04 Å². The number of benzene rings is 2. The second-order valence-corrected chi connectivity index (χ2v) is 4.60. The highest BCUT2D eigenvalue weighted by Gasteiger charge is 2.11. The van der Waals surface area contributed by atoms with Crippen molar-refractivity contribution >= 4 is 10.9 Å². The quantitative estimate of drug-likeness (QED) is 0.675. The third kappa shape index (κ3) is 2.22. The van der Waals surface area contributed by atoms with Crippen molar-refractivity contribution in [2.45, 2.75) is 19.8 Å². The monoisotopic (exact) mass is 253 g/mol. The average Bonchev–Trinajstić information content (AvgIpc) is 2.58. The third-order valence-corrected chi connectivity index (χ3v) is 2.87. The van der Waals surface area contributed by atoms with E-state index in [4.69, 9.17) is 6.85 Å². The van der Waals surface area contributed by atoms with Crippen LogP contribution in [0.2, 0.25) is 0 Å². The number of rotatable bonds is 2. The van der Waals surface area contributed by atoms with Crippen LogP contribution in [0.15, 0.2) is 54.5 Å². The van der Waals surface area contributed by atoms with Crippen LogP contribution in [0.4, 0.5) is 0 Å². The molecule has 2 aromatic carbocycles. The van der Waals surface area contributed by atoms with Gasteiger partial charge in [0.2, 0.25) is 0 Å². The van der Waals surface area contributed by atoms with Gasteiger partial charge in [0.1, 0.15) is 5.82 Å². The van der Waals surface area contributed by atoms with Crippen molar-refractivity contribution in [1.29, 1.82) is 0 Å². The lowest BCUT2D eigenvalue weighted by Gasteiger charge is -2.10. The summed E-state index contributed by atoms with van der Waals surface area (Å²) in [4.78, 5) is 9.04. The molecule has 3 rings (SSSR count). The van der Waals surface area contributed by atoms with Crippen LogP contribution in [0.5, 0.6) is 0 Å². The van der Waals surface area contributed by atoms with Crippen molar-refractivity contribution in [3.8, 4) is 11.3 Å². The van der Waals surface area contributed by atoms with Gasteiger partial charge >= 0.3 is 0 Å². The zero-order valence-electron chi connectivity index (χ0n) is 15.8. The Morgan fingerprint density at radius 1 is 1.00 bits per heavy atom. The van der Waals surface area contributed by atoms with E-state index in [1.165, 1.54) is 0 Å². The maximum absolute atomic E-state index is 8.19. The Bertz CT molecular complexity index is 924. The van der Waals surface area contributed by atoms with Gasteiger partial charge in [-0.1, -0.05) is 62.3 Å². The van der Waals surface area contributed by atoms with Crippen molar-refractivity contribution in [3.63, 3.8) is 0 Å². The van der Waals surface area contributed by atoms with Crippen molar-refractivity contribution in [1.82, 2.24) is 9.97 Å². The molecule has 0 spiro atoms. The largest absolute Gasteiger partial charge is 0.233 e. The summed E-state index contributed by atoms with van der Waals surface area (Å²) >= 11 is 0. The predicted molar refractivity (Wildman–Crippen MR) is 79.1 cm³/mol. The summed E-state index contributed by atoms with van der Waals surface area (Å²) in [7, 11) is 0. The van der Waals surface area contributed by atoms with E-state index in [1.54, 1.807) is 6.07 Å². The number of para-hydroxylation sites is 1. The fraction of sp³-hybridized carbons (Fsp3) is 0.176. The van der Waals surface area contributed by atoms with E-state index >= 15 is 0 Å². The predicted octanol–water partition coefficient (Wildman–Crippen LogP) is 4.42. The number of nitrogens with zero attached hydrogens (tertiary/aromatic N) is 2. The van der Waals surface area contributed by atoms with E-state index in [-0.39, 0.29) is 35.7 Å². The van der Waals surface area contributed by atoms with Crippen LogP contribution in [-0.2, 0) is 0 Å². The molecule has 0 fully saturated rings. The second-order valence-electron chi connectivity index (χ2n) is 4.60. The highest BCUT2D eigenvalue weighted by molar-refractivity contribution is 5.92. The summed E-state index contributed by atoms with van der Waals surface area (Å²) in [6.45, 7) is 3.91. The number of aromatic nitrogens is 2. The molecular formula is C17H16N2. The molecule has 0 bridgehead atoms. The maximum atomic E-state index is 8.19. The maximum Gasteiger partial charge on any atom is 0.132 e. The van der Waals surface area contributed by atoms with E-state index in [0.29, 0.717) is 22.4 Å². The van der Waals surface area contributed by atoms with Gasteiger partial charge in [-0.15, -0.1) is 0 Å². The summed E-state index contributed by atoms with van der Waals surface area (Å²) in [6, 6.07) is 5.68. The Labute approximate surface area is 120 Å². The molecule has 0 N–H and O–H groups in total. The molecule has 0 aliphatic carbocycles. The van der Waals surface area contributed by atoms with Gasteiger partial charge in [0.15, 0.2) is 0 Å². The van der Waals surface area contributed by atoms with E-state index in [0.717, 1.165) is 0 Å². The van der Waals surface area contributed by atoms with Gasteiger partial charge in [-0.3, -0.25) is 0 Å². The van der Waals surface area contributed by atoms with Gasteiger partial charge in [-0.05, 0) is 6.07 Å². The molecule has 0 aliphatic heterocycles. The van der Waals surface area contributed by atoms with Gasteiger partial charge in [-0.25, -0.2) is 9.97 Å². The topological polar surface area (TPSA) is 25.8 Å². The summed E-state index contributed by atoms with van der Waals surface area (Å²) in [5, 5.41) is 0.667. The second kappa shape index (κ2) is 4.81. The molecule has 1 heterocycles. The first-order valence-corrected chi connectivity index (χ1v) is 6.17. The standard InChI is InChI=1S/C17H16N2/c1-12(2)17-18-15-11-7-6-10-14(15)16(19-17)13-8-4-3-5-9-13/h3-12H,1-2H3/i3D,4D,5D,8D,9D. The Morgan fingerprint density at radius 3 is 2.47 bits per heavy atom. The number of hydrogen-bond acceptors (Lipinski definition) is 2. The van der Waals surface area contributed by atoms with Gasteiger partial charge in [0.25, 0.3) is 0 Å². The zero-order valence-corrected chi connectivity index (χ0v) is 10.8. The molecule has 3 aromatic rings. The lowest BCUT2D eigenvalue weighted by Crippen LogP contribution is -2.00. The lowest BCUT2D eigenvalue weighted by molar-refractivity contribution is 0.784. The van der Waals surface area contributed by atoms with E-state index in [9.17, 15) is 0 Å².